The van der Waals surface area contributed by atoms with Gasteiger partial charge in [-0.3, -0.25) is 9.36 Å². The number of hydrogen-bond donors (Lipinski definition) is 1. The van der Waals surface area contributed by atoms with Crippen molar-refractivity contribution in [2.24, 2.45) is 4.99 Å². The van der Waals surface area contributed by atoms with E-state index < -0.39 is 17.9 Å². The van der Waals surface area contributed by atoms with Gasteiger partial charge in [0, 0.05) is 121 Å². The summed E-state index contributed by atoms with van der Waals surface area (Å²) in [6.45, 7) is -0.269. The van der Waals surface area contributed by atoms with Crippen LogP contribution >= 0.6 is 23.2 Å². The Labute approximate surface area is 532 Å². The van der Waals surface area contributed by atoms with E-state index >= 15 is 0 Å². The summed E-state index contributed by atoms with van der Waals surface area (Å²) in [5.74, 6) is -1.54. The van der Waals surface area contributed by atoms with Gasteiger partial charge in [-0.15, -0.1) is 0 Å². The van der Waals surface area contributed by atoms with E-state index in [1.165, 1.54) is 38.4 Å². The van der Waals surface area contributed by atoms with E-state index in [4.69, 9.17) is 62.2 Å². The molecule has 0 bridgehead atoms. The van der Waals surface area contributed by atoms with Crippen molar-refractivity contribution in [3.05, 3.63) is 135 Å². The number of aliphatic imine (C=N–C) groups is 1. The number of nitrogen functional groups attached to an aromatic ring is 1. The average molecular weight is 1280 g/mol. The Morgan fingerprint density at radius 1 is 0.593 bits per heavy atom. The molecule has 0 spiro atoms. The number of halogens is 2. The van der Waals surface area contributed by atoms with Gasteiger partial charge in [0.1, 0.15) is 45.9 Å². The number of anilines is 6. The smallest absolute Gasteiger partial charge is 0.376 e. The molecule has 9 heterocycles. The third-order valence-corrected chi connectivity index (χ3v) is 13.2. The number of benzene rings is 1. The fraction of sp³-hybridized carbons (Fsp3) is 0.262. The lowest BCUT2D eigenvalue weighted by molar-refractivity contribution is -0.143. The minimum Gasteiger partial charge on any atom is -0.466 e. The van der Waals surface area contributed by atoms with Crippen LogP contribution in [0.2, 0.25) is 10.2 Å². The molecule has 0 unspecified atom stereocenters. The number of hydrogen-bond acceptors (Lipinski definition) is 26. The Hall–Kier alpha value is -11.2. The first kappa shape index (κ1) is 68.9. The summed E-state index contributed by atoms with van der Waals surface area (Å²) < 4.78 is 36.9. The van der Waals surface area contributed by atoms with Crippen molar-refractivity contribution < 1.29 is 46.6 Å². The number of carbonyl (C=O) groups excluding carboxylic acids is 3. The molecule has 1 aromatic carbocycles. The number of ether oxygens (including phenoxy) is 4. The second kappa shape index (κ2) is 31.1. The maximum Gasteiger partial charge on any atom is 0.376 e. The SMILES string of the molecule is CN(C)c1ccnc(Cl)c1C#N.CN(C)c1ccnc2oc3c(=O)n(-c4ccc(Cl)cc4)cnc3c12.COC(=O)COc1nccc(N(C)C)c1C#N.COC(=O)c1oc2nccc(N(C)C)c2c1N.COC(=O)c1oc2nccc(N(C)C)c2c1N=CN(C)C. The van der Waals surface area contributed by atoms with Crippen molar-refractivity contribution in [1.82, 2.24) is 39.4 Å². The number of nitriles is 2. The number of carbonyl (C=O) groups is 3. The molecule has 0 fully saturated rings. The molecule has 0 aliphatic heterocycles. The highest BCUT2D eigenvalue weighted by molar-refractivity contribution is 6.31. The monoisotopic (exact) mass is 1280 g/mol. The minimum absolute atomic E-state index is 0.00991. The molecule has 0 saturated carbocycles. The maximum absolute atomic E-state index is 12.8. The van der Waals surface area contributed by atoms with Crippen molar-refractivity contribution in [3.8, 4) is 23.7 Å². The van der Waals surface area contributed by atoms with Gasteiger partial charge in [-0.2, -0.15) is 10.5 Å². The van der Waals surface area contributed by atoms with E-state index in [1.54, 1.807) is 97.5 Å². The van der Waals surface area contributed by atoms with Gasteiger partial charge < -0.3 is 67.3 Å². The summed E-state index contributed by atoms with van der Waals surface area (Å²) in [7, 11) is 26.2. The Kier molecular flexibility index (Phi) is 23.5. The van der Waals surface area contributed by atoms with Gasteiger partial charge in [0.15, 0.2) is 6.61 Å². The second-order valence-corrected chi connectivity index (χ2v) is 20.9. The lowest BCUT2D eigenvalue weighted by Gasteiger charge is -2.15. The van der Waals surface area contributed by atoms with Crippen molar-refractivity contribution in [3.63, 3.8) is 0 Å². The molecule has 10 rings (SSSR count). The largest absolute Gasteiger partial charge is 0.466 e. The van der Waals surface area contributed by atoms with Gasteiger partial charge in [0.25, 0.3) is 0 Å². The standard InChI is InChI=1S/C17H13ClN4O2.C14H18N4O3.2C11H13N3O3.C8H8ClN3/c1-21(2)12-7-8-19-16-13(12)14-15(24-16)17(23)22(9-20-14)11-5-3-10(18)4-6-11;1-17(2)8-16-11-10-9(18(3)4)6-7-15-13(10)21-12(11)14(19)20-5;1-14(2)6-4-5-13-10-7(6)8(12)9(17-10)11(15)16-3;1-14(2)9-4-5-13-11(8(9)6-12)17-7-10(15)16-3;1-12(2)7-3-4-11-8(9)6(7)5-10/h3-9H,1-2H3;6-8H,1-5H3;4-5H,12H2,1-3H3;4-5H,7H2,1-3H3;3-4H,1-2H3. The summed E-state index contributed by atoms with van der Waals surface area (Å²) in [6.07, 6.45) is 11.1. The highest BCUT2D eigenvalue weighted by Gasteiger charge is 2.26. The van der Waals surface area contributed by atoms with E-state index in [2.05, 4.69) is 44.4 Å². The molecular weight excluding hydrogens is 1220 g/mol. The lowest BCUT2D eigenvalue weighted by Crippen LogP contribution is -2.18. The fourth-order valence-electron chi connectivity index (χ4n) is 8.34. The van der Waals surface area contributed by atoms with E-state index in [-0.39, 0.29) is 46.0 Å². The third kappa shape index (κ3) is 16.1. The zero-order valence-corrected chi connectivity index (χ0v) is 53.9. The van der Waals surface area contributed by atoms with Crippen molar-refractivity contribution in [1.29, 1.82) is 10.5 Å². The molecule has 0 aliphatic carbocycles. The molecule has 0 amide bonds. The van der Waals surface area contributed by atoms with Crippen LogP contribution < -0.4 is 40.5 Å². The molecule has 0 saturated heterocycles. The topological polar surface area (TPSA) is 332 Å². The average Bonchev–Trinajstić information content (AvgIpc) is 1.65. The Morgan fingerprint density at radius 2 is 1.05 bits per heavy atom. The van der Waals surface area contributed by atoms with Crippen LogP contribution in [0, 0.1) is 22.7 Å². The number of fused-ring (bicyclic) bond motifs is 5. The molecule has 474 valence electrons. The summed E-state index contributed by atoms with van der Waals surface area (Å²) in [6, 6.07) is 19.9. The Balaban J connectivity index is 0.000000184. The van der Waals surface area contributed by atoms with Crippen LogP contribution in [-0.4, -0.2) is 176 Å². The lowest BCUT2D eigenvalue weighted by atomic mass is 10.2. The van der Waals surface area contributed by atoms with Gasteiger partial charge >= 0.3 is 23.5 Å². The van der Waals surface area contributed by atoms with Gasteiger partial charge in [-0.05, 0) is 54.6 Å². The number of esters is 3. The summed E-state index contributed by atoms with van der Waals surface area (Å²) >= 11 is 11.6. The number of methoxy groups -OCH3 is 3. The number of rotatable bonds is 13. The minimum atomic E-state index is -0.606. The molecular formula is C61H65Cl2N17O11. The zero-order chi connectivity index (χ0) is 67.0. The molecule has 10 aromatic rings. The number of nitrogens with two attached hydrogens (primary N) is 1. The molecule has 28 nitrogen and oxygen atoms in total. The zero-order valence-electron chi connectivity index (χ0n) is 52.4. The van der Waals surface area contributed by atoms with Gasteiger partial charge in [0.2, 0.25) is 40.1 Å². The Morgan fingerprint density at radius 3 is 1.56 bits per heavy atom. The van der Waals surface area contributed by atoms with Crippen LogP contribution in [0.4, 0.5) is 39.8 Å². The van der Waals surface area contributed by atoms with E-state index in [9.17, 15) is 19.2 Å². The van der Waals surface area contributed by atoms with Gasteiger partial charge in [-0.1, -0.05) is 23.2 Å². The Bertz CT molecular complexity index is 4410. The van der Waals surface area contributed by atoms with Crippen LogP contribution in [0.15, 0.2) is 115 Å². The predicted octanol–water partition coefficient (Wildman–Crippen LogP) is 8.65. The number of aromatic nitrogens is 7. The molecule has 2 N–H and O–H groups in total. The fourth-order valence-corrected chi connectivity index (χ4v) is 8.66. The molecule has 0 aliphatic rings. The molecule has 0 atom stereocenters. The maximum atomic E-state index is 12.8. The normalized spacial score (nSPS) is 10.5. The quantitative estimate of drug-likeness (QED) is 0.0371. The number of pyridine rings is 5. The first-order valence-electron chi connectivity index (χ1n) is 26.8. The summed E-state index contributed by atoms with van der Waals surface area (Å²) in [5.41, 5.74) is 13.5. The first-order valence-corrected chi connectivity index (χ1v) is 27.6. The van der Waals surface area contributed by atoms with Crippen molar-refractivity contribution in [2.75, 3.05) is 143 Å². The highest BCUT2D eigenvalue weighted by atomic mass is 35.5. The van der Waals surface area contributed by atoms with Gasteiger partial charge in [0.05, 0.1) is 83.6 Å². The van der Waals surface area contributed by atoms with Crippen molar-refractivity contribution in [2.45, 2.75) is 0 Å². The highest BCUT2D eigenvalue weighted by Crippen LogP contribution is 2.39. The van der Waals surface area contributed by atoms with E-state index in [1.807, 2.05) is 114 Å². The van der Waals surface area contributed by atoms with Crippen molar-refractivity contribution >= 4 is 132 Å². The predicted molar refractivity (Wildman–Crippen MR) is 349 cm³/mol. The molecule has 0 radical (unpaired) electrons. The molecule has 91 heavy (non-hydrogen) atoms. The van der Waals surface area contributed by atoms with E-state index in [0.717, 1.165) is 28.1 Å². The van der Waals surface area contributed by atoms with Crippen LogP contribution in [0.25, 0.3) is 50.1 Å². The number of furan rings is 3. The molecule has 9 aromatic heterocycles. The van der Waals surface area contributed by atoms with Crippen LogP contribution in [-0.2, 0) is 19.0 Å². The van der Waals surface area contributed by atoms with Crippen LogP contribution in [0.3, 0.4) is 0 Å². The summed E-state index contributed by atoms with van der Waals surface area (Å²) in [5, 5.41) is 20.7. The van der Waals surface area contributed by atoms with Crippen LogP contribution in [0.1, 0.15) is 32.2 Å². The number of nitrogens with zero attached hydrogens (tertiary/aromatic N) is 16. The molecule has 30 heteroatoms. The first-order chi connectivity index (χ1) is 43.3. The summed E-state index contributed by atoms with van der Waals surface area (Å²) in [4.78, 5) is 87.1. The van der Waals surface area contributed by atoms with E-state index in [0.29, 0.717) is 66.6 Å². The van der Waals surface area contributed by atoms with Crippen LogP contribution in [0.5, 0.6) is 5.88 Å². The van der Waals surface area contributed by atoms with Gasteiger partial charge in [-0.25, -0.2) is 49.3 Å². The third-order valence-electron chi connectivity index (χ3n) is 12.6. The second-order valence-electron chi connectivity index (χ2n) is 20.1.